The fourth-order valence-electron chi connectivity index (χ4n) is 2.46. The van der Waals surface area contributed by atoms with Gasteiger partial charge in [0.1, 0.15) is 0 Å². The zero-order valence-electron chi connectivity index (χ0n) is 10.4. The van der Waals surface area contributed by atoms with Crippen LogP contribution in [-0.4, -0.2) is 26.2 Å². The van der Waals surface area contributed by atoms with Gasteiger partial charge in [0.05, 0.1) is 0 Å². The number of benzene rings is 2. The first-order valence-electron chi connectivity index (χ1n) is 6.48. The van der Waals surface area contributed by atoms with E-state index in [-0.39, 0.29) is 0 Å². The van der Waals surface area contributed by atoms with E-state index in [0.29, 0.717) is 0 Å². The Morgan fingerprint density at radius 2 is 1.44 bits per heavy atom. The third kappa shape index (κ3) is 2.24. The largest absolute Gasteiger partial charge is 0.368 e. The van der Waals surface area contributed by atoms with E-state index < -0.39 is 0 Å². The lowest BCUT2D eigenvalue weighted by Gasteiger charge is -2.30. The van der Waals surface area contributed by atoms with E-state index in [1.54, 1.807) is 0 Å². The van der Waals surface area contributed by atoms with E-state index in [4.69, 9.17) is 0 Å². The highest BCUT2D eigenvalue weighted by Crippen LogP contribution is 2.30. The maximum absolute atomic E-state index is 4.41. The standard InChI is InChI=1S/C16H17N2/c1-2-6-14(7-3-1)15-8-4-5-9-16(15)18-12-10-17-11-13-18/h1-9H,10-13H2. The average molecular weight is 237 g/mol. The number of hydrogen-bond acceptors (Lipinski definition) is 1. The number of para-hydroxylation sites is 1. The van der Waals surface area contributed by atoms with Crippen molar-refractivity contribution in [2.75, 3.05) is 31.1 Å². The van der Waals surface area contributed by atoms with Gasteiger partial charge in [0, 0.05) is 37.4 Å². The molecular weight excluding hydrogens is 220 g/mol. The summed E-state index contributed by atoms with van der Waals surface area (Å²) in [7, 11) is 0. The summed E-state index contributed by atoms with van der Waals surface area (Å²) in [5, 5.41) is 4.41. The van der Waals surface area contributed by atoms with Gasteiger partial charge in [-0.1, -0.05) is 48.5 Å². The van der Waals surface area contributed by atoms with Crippen molar-refractivity contribution in [1.29, 1.82) is 0 Å². The molecule has 1 saturated heterocycles. The third-order valence-corrected chi connectivity index (χ3v) is 3.39. The first-order chi connectivity index (χ1) is 8.95. The minimum absolute atomic E-state index is 0.948. The Morgan fingerprint density at radius 3 is 2.22 bits per heavy atom. The van der Waals surface area contributed by atoms with Gasteiger partial charge in [-0.25, -0.2) is 5.32 Å². The molecule has 1 heterocycles. The fraction of sp³-hybridized carbons (Fsp3) is 0.250. The Hall–Kier alpha value is -1.80. The topological polar surface area (TPSA) is 17.3 Å². The molecule has 2 aromatic rings. The SMILES string of the molecule is c1ccc(-c2ccccc2N2CC[N]CC2)cc1. The average Bonchev–Trinajstić information content (AvgIpc) is 2.49. The van der Waals surface area contributed by atoms with E-state index in [1.807, 2.05) is 0 Å². The molecule has 1 aliphatic rings. The minimum Gasteiger partial charge on any atom is -0.368 e. The molecule has 3 rings (SSSR count). The molecule has 0 spiro atoms. The van der Waals surface area contributed by atoms with Crippen molar-refractivity contribution >= 4 is 5.69 Å². The van der Waals surface area contributed by atoms with Crippen molar-refractivity contribution in [3.05, 3.63) is 54.6 Å². The van der Waals surface area contributed by atoms with Crippen LogP contribution >= 0.6 is 0 Å². The molecule has 0 amide bonds. The van der Waals surface area contributed by atoms with Crippen molar-refractivity contribution in [2.24, 2.45) is 0 Å². The summed E-state index contributed by atoms with van der Waals surface area (Å²) in [5.74, 6) is 0. The third-order valence-electron chi connectivity index (χ3n) is 3.39. The van der Waals surface area contributed by atoms with Gasteiger partial charge in [-0.2, -0.15) is 0 Å². The fourth-order valence-corrected chi connectivity index (χ4v) is 2.46. The molecule has 2 aromatic carbocycles. The highest BCUT2D eigenvalue weighted by molar-refractivity contribution is 5.78. The normalized spacial score (nSPS) is 15.7. The van der Waals surface area contributed by atoms with Crippen LogP contribution in [-0.2, 0) is 0 Å². The number of rotatable bonds is 2. The highest BCUT2D eigenvalue weighted by Gasteiger charge is 2.14. The summed E-state index contributed by atoms with van der Waals surface area (Å²) in [6.45, 7) is 3.96. The molecule has 0 aromatic heterocycles. The van der Waals surface area contributed by atoms with Gasteiger partial charge in [-0.05, 0) is 11.6 Å². The number of anilines is 1. The van der Waals surface area contributed by atoms with Crippen LogP contribution in [0.15, 0.2) is 54.6 Å². The van der Waals surface area contributed by atoms with Crippen molar-refractivity contribution in [2.45, 2.75) is 0 Å². The minimum atomic E-state index is 0.948. The molecule has 0 bridgehead atoms. The van der Waals surface area contributed by atoms with Gasteiger partial charge in [0.15, 0.2) is 0 Å². The number of piperazine rings is 1. The van der Waals surface area contributed by atoms with Gasteiger partial charge in [0.25, 0.3) is 0 Å². The maximum atomic E-state index is 4.41. The van der Waals surface area contributed by atoms with Gasteiger partial charge in [-0.3, -0.25) is 0 Å². The van der Waals surface area contributed by atoms with E-state index in [9.17, 15) is 0 Å². The van der Waals surface area contributed by atoms with Crippen LogP contribution < -0.4 is 10.2 Å². The molecule has 0 atom stereocenters. The predicted octanol–water partition coefficient (Wildman–Crippen LogP) is 2.78. The molecule has 0 saturated carbocycles. The Bertz CT molecular complexity index is 502. The van der Waals surface area contributed by atoms with E-state index in [1.165, 1.54) is 16.8 Å². The smallest absolute Gasteiger partial charge is 0.0446 e. The Balaban J connectivity index is 1.99. The number of nitrogens with zero attached hydrogens (tertiary/aromatic N) is 2. The first-order valence-corrected chi connectivity index (χ1v) is 6.48. The summed E-state index contributed by atoms with van der Waals surface area (Å²) in [6, 6.07) is 19.2. The van der Waals surface area contributed by atoms with Crippen LogP contribution in [0.2, 0.25) is 0 Å². The summed E-state index contributed by atoms with van der Waals surface area (Å²) >= 11 is 0. The summed E-state index contributed by atoms with van der Waals surface area (Å²) in [6.07, 6.45) is 0. The molecule has 91 valence electrons. The molecule has 0 unspecified atom stereocenters. The molecule has 1 radical (unpaired) electrons. The lowest BCUT2D eigenvalue weighted by Crippen LogP contribution is -2.40. The lowest BCUT2D eigenvalue weighted by atomic mass is 10.0. The van der Waals surface area contributed by atoms with Crippen molar-refractivity contribution in [3.63, 3.8) is 0 Å². The van der Waals surface area contributed by atoms with Crippen LogP contribution in [0.3, 0.4) is 0 Å². The van der Waals surface area contributed by atoms with E-state index in [2.05, 4.69) is 64.8 Å². The van der Waals surface area contributed by atoms with Crippen LogP contribution in [0.25, 0.3) is 11.1 Å². The van der Waals surface area contributed by atoms with Crippen molar-refractivity contribution < 1.29 is 0 Å². The van der Waals surface area contributed by atoms with Gasteiger partial charge in [-0.15, -0.1) is 0 Å². The maximum Gasteiger partial charge on any atom is 0.0446 e. The molecule has 2 nitrogen and oxygen atoms in total. The number of hydrogen-bond donors (Lipinski definition) is 0. The van der Waals surface area contributed by atoms with Crippen molar-refractivity contribution in [3.8, 4) is 11.1 Å². The Labute approximate surface area is 108 Å². The van der Waals surface area contributed by atoms with E-state index in [0.717, 1.165) is 26.2 Å². The second-order valence-electron chi connectivity index (χ2n) is 4.54. The van der Waals surface area contributed by atoms with Crippen LogP contribution in [0.5, 0.6) is 0 Å². The highest BCUT2D eigenvalue weighted by atomic mass is 15.2. The van der Waals surface area contributed by atoms with Crippen LogP contribution in [0.1, 0.15) is 0 Å². The molecule has 2 heteroatoms. The predicted molar refractivity (Wildman–Crippen MR) is 76.0 cm³/mol. The molecule has 1 aliphatic heterocycles. The Kier molecular flexibility index (Phi) is 3.29. The summed E-state index contributed by atoms with van der Waals surface area (Å²) in [5.41, 5.74) is 3.94. The van der Waals surface area contributed by atoms with Crippen LogP contribution in [0, 0.1) is 0 Å². The Morgan fingerprint density at radius 1 is 0.778 bits per heavy atom. The van der Waals surface area contributed by atoms with Gasteiger partial charge in [0.2, 0.25) is 0 Å². The van der Waals surface area contributed by atoms with Crippen LogP contribution in [0.4, 0.5) is 5.69 Å². The second-order valence-corrected chi connectivity index (χ2v) is 4.54. The zero-order valence-corrected chi connectivity index (χ0v) is 10.4. The first kappa shape index (κ1) is 11.3. The monoisotopic (exact) mass is 237 g/mol. The molecule has 0 aliphatic carbocycles. The molecule has 18 heavy (non-hydrogen) atoms. The quantitative estimate of drug-likeness (QED) is 0.785. The summed E-state index contributed by atoms with van der Waals surface area (Å²) in [4.78, 5) is 2.44. The molecule has 0 N–H and O–H groups in total. The molecule has 1 fully saturated rings. The molecular formula is C16H17N2. The summed E-state index contributed by atoms with van der Waals surface area (Å²) < 4.78 is 0. The lowest BCUT2D eigenvalue weighted by molar-refractivity contribution is 0.579. The van der Waals surface area contributed by atoms with Crippen molar-refractivity contribution in [1.82, 2.24) is 5.32 Å². The van der Waals surface area contributed by atoms with E-state index >= 15 is 0 Å². The second kappa shape index (κ2) is 5.23. The van der Waals surface area contributed by atoms with Gasteiger partial charge >= 0.3 is 0 Å². The van der Waals surface area contributed by atoms with Gasteiger partial charge < -0.3 is 4.90 Å². The zero-order chi connectivity index (χ0) is 12.2.